The molecule has 1 heterocycles. The Morgan fingerprint density at radius 1 is 1.23 bits per heavy atom. The summed E-state index contributed by atoms with van der Waals surface area (Å²) in [5, 5.41) is 15.8. The van der Waals surface area contributed by atoms with Crippen molar-refractivity contribution in [3.63, 3.8) is 0 Å². The Morgan fingerprint density at radius 2 is 1.97 bits per heavy atom. The molecule has 9 heteroatoms. The van der Waals surface area contributed by atoms with Crippen molar-refractivity contribution in [3.8, 4) is 5.75 Å². The third kappa shape index (κ3) is 6.46. The maximum Gasteiger partial charge on any atom is 0.269 e. The number of rotatable bonds is 9. The molecule has 1 N–H and O–H groups in total. The van der Waals surface area contributed by atoms with Crippen LogP contribution in [0.15, 0.2) is 54.0 Å². The number of carbonyl (C=O) groups excluding carboxylic acids is 1. The fraction of sp³-hybridized carbons (Fsp3) is 0.182. The summed E-state index contributed by atoms with van der Waals surface area (Å²) in [5.74, 6) is 0.226. The smallest absolute Gasteiger partial charge is 0.269 e. The number of nitrogens with one attached hydrogen (secondary N) is 1. The number of ether oxygens (including phenoxy) is 2. The van der Waals surface area contributed by atoms with E-state index in [2.05, 4.69) is 10.3 Å². The Morgan fingerprint density at radius 3 is 2.61 bits per heavy atom. The highest BCUT2D eigenvalue weighted by molar-refractivity contribution is 7.13. The number of thiazole rings is 1. The number of methoxy groups -OCH3 is 1. The summed E-state index contributed by atoms with van der Waals surface area (Å²) in [4.78, 5) is 27.1. The monoisotopic (exact) mass is 439 g/mol. The van der Waals surface area contributed by atoms with Gasteiger partial charge in [0.05, 0.1) is 11.5 Å². The molecule has 0 aliphatic carbocycles. The predicted octanol–water partition coefficient (Wildman–Crippen LogP) is 4.89. The highest BCUT2D eigenvalue weighted by Gasteiger charge is 2.12. The molecular weight excluding hydrogens is 418 g/mol. The zero-order chi connectivity index (χ0) is 22.2. The van der Waals surface area contributed by atoms with Crippen LogP contribution in [-0.4, -0.2) is 35.6 Å². The van der Waals surface area contributed by atoms with Crippen LogP contribution < -0.4 is 10.1 Å². The van der Waals surface area contributed by atoms with E-state index >= 15 is 0 Å². The van der Waals surface area contributed by atoms with Crippen molar-refractivity contribution in [1.82, 2.24) is 4.98 Å². The molecule has 1 atom stereocenters. The first-order valence-corrected chi connectivity index (χ1v) is 10.3. The molecule has 0 bridgehead atoms. The molecular formula is C22H21N3O5S. The molecule has 0 fully saturated rings. The Labute approximate surface area is 183 Å². The Kier molecular flexibility index (Phi) is 7.47. The van der Waals surface area contributed by atoms with Gasteiger partial charge in [0.25, 0.3) is 11.6 Å². The average Bonchev–Trinajstić information content (AvgIpc) is 3.25. The lowest BCUT2D eigenvalue weighted by molar-refractivity contribution is -0.384. The number of amides is 1. The first-order chi connectivity index (χ1) is 14.9. The number of nitro benzene ring substituents is 1. The van der Waals surface area contributed by atoms with Crippen molar-refractivity contribution in [2.24, 2.45) is 0 Å². The number of anilines is 1. The Balaban J connectivity index is 1.86. The van der Waals surface area contributed by atoms with E-state index in [1.54, 1.807) is 43.0 Å². The van der Waals surface area contributed by atoms with Crippen LogP contribution in [0.4, 0.5) is 10.8 Å². The van der Waals surface area contributed by atoms with E-state index in [4.69, 9.17) is 9.47 Å². The Bertz CT molecular complexity index is 1070. The van der Waals surface area contributed by atoms with Gasteiger partial charge in [0.1, 0.15) is 11.9 Å². The van der Waals surface area contributed by atoms with E-state index in [0.717, 1.165) is 11.1 Å². The average molecular weight is 439 g/mol. The number of carbonyl (C=O) groups is 1. The van der Waals surface area contributed by atoms with E-state index < -0.39 is 4.92 Å². The van der Waals surface area contributed by atoms with Gasteiger partial charge in [-0.3, -0.25) is 20.2 Å². The van der Waals surface area contributed by atoms with Crippen molar-refractivity contribution in [3.05, 3.63) is 80.8 Å². The first-order valence-electron chi connectivity index (χ1n) is 9.38. The minimum absolute atomic E-state index is 0.0285. The van der Waals surface area contributed by atoms with E-state index in [9.17, 15) is 14.9 Å². The summed E-state index contributed by atoms with van der Waals surface area (Å²) in [6.07, 6.45) is 5.04. The number of benzene rings is 2. The molecule has 1 amide bonds. The van der Waals surface area contributed by atoms with Gasteiger partial charge >= 0.3 is 0 Å². The highest BCUT2D eigenvalue weighted by atomic mass is 32.1. The number of nitro groups is 1. The van der Waals surface area contributed by atoms with E-state index in [1.807, 2.05) is 25.1 Å². The second-order valence-corrected chi connectivity index (χ2v) is 7.54. The molecule has 0 aliphatic heterocycles. The highest BCUT2D eigenvalue weighted by Crippen LogP contribution is 2.23. The lowest BCUT2D eigenvalue weighted by Crippen LogP contribution is -2.18. The van der Waals surface area contributed by atoms with Crippen LogP contribution >= 0.6 is 11.3 Å². The van der Waals surface area contributed by atoms with Gasteiger partial charge in [-0.15, -0.1) is 11.3 Å². The lowest BCUT2D eigenvalue weighted by Gasteiger charge is -2.15. The van der Waals surface area contributed by atoms with Gasteiger partial charge in [0.2, 0.25) is 0 Å². The van der Waals surface area contributed by atoms with Gasteiger partial charge < -0.3 is 9.47 Å². The van der Waals surface area contributed by atoms with Crippen LogP contribution in [0, 0.1) is 10.1 Å². The largest absolute Gasteiger partial charge is 0.488 e. The summed E-state index contributed by atoms with van der Waals surface area (Å²) < 4.78 is 11.0. The van der Waals surface area contributed by atoms with Crippen LogP contribution in [0.5, 0.6) is 5.75 Å². The predicted molar refractivity (Wildman–Crippen MR) is 120 cm³/mol. The zero-order valence-electron chi connectivity index (χ0n) is 17.0. The maximum atomic E-state index is 12.7. The second-order valence-electron chi connectivity index (χ2n) is 6.65. The van der Waals surface area contributed by atoms with Crippen molar-refractivity contribution in [2.75, 3.05) is 19.0 Å². The van der Waals surface area contributed by atoms with E-state index in [0.29, 0.717) is 23.1 Å². The quantitative estimate of drug-likeness (QED) is 0.289. The maximum absolute atomic E-state index is 12.7. The molecule has 0 saturated heterocycles. The number of hydrogen-bond acceptors (Lipinski definition) is 7. The number of nitrogens with zero attached hydrogens (tertiary/aromatic N) is 2. The molecule has 0 aliphatic rings. The molecule has 1 aromatic heterocycles. The van der Waals surface area contributed by atoms with Crippen LogP contribution in [0.2, 0.25) is 0 Å². The minimum Gasteiger partial charge on any atom is -0.488 e. The zero-order valence-corrected chi connectivity index (χ0v) is 17.8. The summed E-state index contributed by atoms with van der Waals surface area (Å²) in [7, 11) is 1.59. The van der Waals surface area contributed by atoms with Gasteiger partial charge in [-0.2, -0.15) is 0 Å². The van der Waals surface area contributed by atoms with Crippen LogP contribution in [0.1, 0.15) is 28.4 Å². The van der Waals surface area contributed by atoms with Crippen molar-refractivity contribution >= 4 is 40.2 Å². The molecule has 2 aromatic carbocycles. The molecule has 160 valence electrons. The topological polar surface area (TPSA) is 104 Å². The van der Waals surface area contributed by atoms with Gasteiger partial charge in [0, 0.05) is 36.4 Å². The standard InChI is InChI=1S/C22H21N3O5S/c1-15(14-29-2)30-20-12-17(4-3-16-5-7-19(8-6-16)25(27)28)11-18(13-20)21(26)24-22-23-9-10-31-22/h3-13,15H,14H2,1-2H3,(H,23,24,26)/t15-/m0/s1. The van der Waals surface area contributed by atoms with Crippen LogP contribution in [0.3, 0.4) is 0 Å². The van der Waals surface area contributed by atoms with Crippen molar-refractivity contribution in [1.29, 1.82) is 0 Å². The molecule has 0 spiro atoms. The second kappa shape index (κ2) is 10.5. The normalized spacial score (nSPS) is 11.9. The third-order valence-corrected chi connectivity index (χ3v) is 4.84. The molecule has 0 unspecified atom stereocenters. The molecule has 0 saturated carbocycles. The van der Waals surface area contributed by atoms with Gasteiger partial charge in [0.15, 0.2) is 5.13 Å². The van der Waals surface area contributed by atoms with Crippen LogP contribution in [-0.2, 0) is 4.74 Å². The fourth-order valence-corrected chi connectivity index (χ4v) is 3.30. The molecule has 8 nitrogen and oxygen atoms in total. The fourth-order valence-electron chi connectivity index (χ4n) is 2.77. The first kappa shape index (κ1) is 22.1. The summed E-state index contributed by atoms with van der Waals surface area (Å²) >= 11 is 1.33. The number of non-ortho nitro benzene ring substituents is 1. The number of hydrogen-bond donors (Lipinski definition) is 1. The van der Waals surface area contributed by atoms with Gasteiger partial charge in [-0.25, -0.2) is 4.98 Å². The number of aromatic nitrogens is 1. The summed E-state index contributed by atoms with van der Waals surface area (Å²) in [6, 6.07) is 11.4. The summed E-state index contributed by atoms with van der Waals surface area (Å²) in [6.45, 7) is 2.28. The summed E-state index contributed by atoms with van der Waals surface area (Å²) in [5.41, 5.74) is 1.98. The molecule has 3 aromatic rings. The van der Waals surface area contributed by atoms with Crippen LogP contribution in [0.25, 0.3) is 12.2 Å². The molecule has 0 radical (unpaired) electrons. The SMILES string of the molecule is COC[C@H](C)Oc1cc(C=Cc2ccc([N+](=O)[O-])cc2)cc(C(=O)Nc2nccs2)c1. The Hall–Kier alpha value is -3.56. The van der Waals surface area contributed by atoms with E-state index in [-0.39, 0.29) is 17.7 Å². The van der Waals surface area contributed by atoms with Crippen molar-refractivity contribution < 1.29 is 19.2 Å². The molecule has 31 heavy (non-hydrogen) atoms. The van der Waals surface area contributed by atoms with Gasteiger partial charge in [-0.05, 0) is 48.4 Å². The molecule has 3 rings (SSSR count). The lowest BCUT2D eigenvalue weighted by atomic mass is 10.1. The van der Waals surface area contributed by atoms with Gasteiger partial charge in [-0.1, -0.05) is 12.2 Å². The van der Waals surface area contributed by atoms with E-state index in [1.165, 1.54) is 23.5 Å². The van der Waals surface area contributed by atoms with Crippen molar-refractivity contribution in [2.45, 2.75) is 13.0 Å². The third-order valence-electron chi connectivity index (χ3n) is 4.15. The minimum atomic E-state index is -0.442.